The van der Waals surface area contributed by atoms with E-state index in [2.05, 4.69) is 5.32 Å². The van der Waals surface area contributed by atoms with E-state index < -0.39 is 10.0 Å². The van der Waals surface area contributed by atoms with Gasteiger partial charge in [0.15, 0.2) is 0 Å². The fourth-order valence-electron chi connectivity index (χ4n) is 3.27. The number of nitrogens with zero attached hydrogens (tertiary/aromatic N) is 1. The topological polar surface area (TPSA) is 94.2 Å². The summed E-state index contributed by atoms with van der Waals surface area (Å²) < 4.78 is 43.4. The van der Waals surface area contributed by atoms with Crippen LogP contribution in [0.3, 0.4) is 0 Å². The van der Waals surface area contributed by atoms with Crippen molar-refractivity contribution in [3.63, 3.8) is 0 Å². The Morgan fingerprint density at radius 1 is 1.06 bits per heavy atom. The molecule has 32 heavy (non-hydrogen) atoms. The quantitative estimate of drug-likeness (QED) is 0.545. The van der Waals surface area contributed by atoms with Gasteiger partial charge in [0.25, 0.3) is 0 Å². The Bertz CT molecular complexity index is 1000. The normalized spacial score (nSPS) is 14.7. The number of ether oxygens (including phenoxy) is 3. The van der Waals surface area contributed by atoms with Crippen LogP contribution in [0.4, 0.5) is 5.69 Å². The number of carbonyl (C=O) groups excluding carboxylic acids is 1. The number of benzene rings is 2. The van der Waals surface area contributed by atoms with E-state index in [0.29, 0.717) is 57.4 Å². The Labute approximate surface area is 189 Å². The molecule has 0 radical (unpaired) electrons. The van der Waals surface area contributed by atoms with E-state index in [1.807, 2.05) is 38.1 Å². The molecular weight excluding hydrogens is 432 g/mol. The predicted octanol–water partition coefficient (Wildman–Crippen LogP) is 3.21. The van der Waals surface area contributed by atoms with Crippen molar-refractivity contribution in [3.05, 3.63) is 48.0 Å². The van der Waals surface area contributed by atoms with Gasteiger partial charge in [-0.1, -0.05) is 6.07 Å². The molecule has 0 unspecified atom stereocenters. The van der Waals surface area contributed by atoms with E-state index >= 15 is 0 Å². The van der Waals surface area contributed by atoms with Crippen LogP contribution in [-0.2, 0) is 19.6 Å². The Morgan fingerprint density at radius 2 is 1.72 bits per heavy atom. The summed E-state index contributed by atoms with van der Waals surface area (Å²) in [5, 5.41) is 2.83. The molecule has 0 saturated carbocycles. The molecule has 0 spiro atoms. The minimum atomic E-state index is -3.62. The van der Waals surface area contributed by atoms with Gasteiger partial charge < -0.3 is 19.5 Å². The first-order valence-electron chi connectivity index (χ1n) is 10.7. The van der Waals surface area contributed by atoms with Gasteiger partial charge >= 0.3 is 0 Å². The summed E-state index contributed by atoms with van der Waals surface area (Å²) in [6.07, 6.45) is 0.792. The number of hydrogen-bond acceptors (Lipinski definition) is 6. The lowest BCUT2D eigenvalue weighted by molar-refractivity contribution is -0.116. The zero-order valence-electron chi connectivity index (χ0n) is 18.5. The van der Waals surface area contributed by atoms with E-state index in [0.717, 1.165) is 11.3 Å². The van der Waals surface area contributed by atoms with Crippen molar-refractivity contribution in [1.29, 1.82) is 0 Å². The van der Waals surface area contributed by atoms with Crippen molar-refractivity contribution < 1.29 is 27.4 Å². The van der Waals surface area contributed by atoms with Gasteiger partial charge in [-0.2, -0.15) is 4.31 Å². The molecule has 3 rings (SSSR count). The van der Waals surface area contributed by atoms with E-state index in [1.165, 1.54) is 10.4 Å². The van der Waals surface area contributed by atoms with Crippen LogP contribution in [0.5, 0.6) is 11.5 Å². The number of morpholine rings is 1. The highest BCUT2D eigenvalue weighted by atomic mass is 32.2. The number of sulfonamides is 1. The largest absolute Gasteiger partial charge is 0.494 e. The molecule has 2 aromatic rings. The van der Waals surface area contributed by atoms with Crippen molar-refractivity contribution in [1.82, 2.24) is 4.31 Å². The van der Waals surface area contributed by atoms with Crippen LogP contribution in [0.15, 0.2) is 47.4 Å². The van der Waals surface area contributed by atoms with Gasteiger partial charge in [-0.3, -0.25) is 4.79 Å². The zero-order chi connectivity index (χ0) is 23.0. The number of hydrogen-bond donors (Lipinski definition) is 1. The molecule has 0 aliphatic carbocycles. The summed E-state index contributed by atoms with van der Waals surface area (Å²) in [7, 11) is -3.62. The summed E-state index contributed by atoms with van der Waals surface area (Å²) in [6, 6.07) is 12.1. The Kier molecular flexibility index (Phi) is 8.49. The highest BCUT2D eigenvalue weighted by Crippen LogP contribution is 2.24. The molecule has 174 valence electrons. The smallest absolute Gasteiger partial charge is 0.243 e. The minimum Gasteiger partial charge on any atom is -0.494 e. The van der Waals surface area contributed by atoms with Crippen LogP contribution in [0, 0.1) is 6.92 Å². The average Bonchev–Trinajstić information content (AvgIpc) is 2.80. The molecule has 1 amide bonds. The first-order valence-corrected chi connectivity index (χ1v) is 12.2. The van der Waals surface area contributed by atoms with Gasteiger partial charge in [-0.25, -0.2) is 8.42 Å². The fraction of sp³-hybridized carbons (Fsp3) is 0.435. The molecule has 1 saturated heterocycles. The molecule has 1 heterocycles. The first kappa shape index (κ1) is 24.0. The SMILES string of the molecule is CCOc1ccc(OCCCC(=O)Nc2cc(S(=O)(=O)N3CCOCC3)ccc2C)cc1. The second-order valence-electron chi connectivity index (χ2n) is 7.40. The summed E-state index contributed by atoms with van der Waals surface area (Å²) in [6.45, 7) is 6.17. The van der Waals surface area contributed by atoms with Gasteiger partial charge in [-0.15, -0.1) is 0 Å². The second-order valence-corrected chi connectivity index (χ2v) is 9.34. The molecule has 9 heteroatoms. The van der Waals surface area contributed by atoms with Crippen LogP contribution in [0.1, 0.15) is 25.3 Å². The van der Waals surface area contributed by atoms with Gasteiger partial charge in [0.05, 0.1) is 31.3 Å². The van der Waals surface area contributed by atoms with Crippen molar-refractivity contribution in [2.45, 2.75) is 31.6 Å². The molecule has 2 aromatic carbocycles. The predicted molar refractivity (Wildman–Crippen MR) is 122 cm³/mol. The van der Waals surface area contributed by atoms with Crippen LogP contribution in [-0.4, -0.2) is 58.1 Å². The summed E-state index contributed by atoms with van der Waals surface area (Å²) in [5.41, 5.74) is 1.29. The third kappa shape index (κ3) is 6.44. The average molecular weight is 463 g/mol. The lowest BCUT2D eigenvalue weighted by Gasteiger charge is -2.26. The Balaban J connectivity index is 1.51. The molecule has 8 nitrogen and oxygen atoms in total. The molecule has 0 atom stereocenters. The number of rotatable bonds is 10. The molecular formula is C23H30N2O6S. The van der Waals surface area contributed by atoms with E-state index in [4.69, 9.17) is 14.2 Å². The van der Waals surface area contributed by atoms with Crippen molar-refractivity contribution in [3.8, 4) is 11.5 Å². The third-order valence-corrected chi connectivity index (χ3v) is 6.94. The maximum absolute atomic E-state index is 12.9. The molecule has 1 fully saturated rings. The van der Waals surface area contributed by atoms with Crippen molar-refractivity contribution in [2.24, 2.45) is 0 Å². The van der Waals surface area contributed by atoms with E-state index in [1.54, 1.807) is 12.1 Å². The molecule has 1 N–H and O–H groups in total. The third-order valence-electron chi connectivity index (χ3n) is 5.04. The van der Waals surface area contributed by atoms with Crippen LogP contribution < -0.4 is 14.8 Å². The minimum absolute atomic E-state index is 0.166. The number of amides is 1. The number of aryl methyl sites for hydroxylation is 1. The van der Waals surface area contributed by atoms with Crippen LogP contribution >= 0.6 is 0 Å². The Morgan fingerprint density at radius 3 is 2.38 bits per heavy atom. The highest BCUT2D eigenvalue weighted by molar-refractivity contribution is 7.89. The number of anilines is 1. The molecule has 0 bridgehead atoms. The summed E-state index contributed by atoms with van der Waals surface area (Å²) >= 11 is 0. The summed E-state index contributed by atoms with van der Waals surface area (Å²) in [4.78, 5) is 12.6. The number of nitrogens with one attached hydrogen (secondary N) is 1. The monoisotopic (exact) mass is 462 g/mol. The fourth-order valence-corrected chi connectivity index (χ4v) is 4.70. The lowest BCUT2D eigenvalue weighted by atomic mass is 10.2. The van der Waals surface area contributed by atoms with Gasteiger partial charge in [-0.05, 0) is 62.2 Å². The highest BCUT2D eigenvalue weighted by Gasteiger charge is 2.26. The van der Waals surface area contributed by atoms with Crippen molar-refractivity contribution in [2.75, 3.05) is 44.8 Å². The van der Waals surface area contributed by atoms with Crippen LogP contribution in [0.2, 0.25) is 0 Å². The molecule has 1 aliphatic heterocycles. The maximum atomic E-state index is 12.9. The van der Waals surface area contributed by atoms with Gasteiger partial charge in [0.2, 0.25) is 15.9 Å². The maximum Gasteiger partial charge on any atom is 0.243 e. The van der Waals surface area contributed by atoms with E-state index in [-0.39, 0.29) is 17.2 Å². The van der Waals surface area contributed by atoms with Gasteiger partial charge in [0.1, 0.15) is 11.5 Å². The second kappa shape index (κ2) is 11.3. The van der Waals surface area contributed by atoms with E-state index in [9.17, 15) is 13.2 Å². The van der Waals surface area contributed by atoms with Crippen molar-refractivity contribution >= 4 is 21.6 Å². The Hall–Kier alpha value is -2.62. The zero-order valence-corrected chi connectivity index (χ0v) is 19.3. The number of carbonyl (C=O) groups is 1. The summed E-state index contributed by atoms with van der Waals surface area (Å²) in [5.74, 6) is 1.31. The molecule has 0 aromatic heterocycles. The first-order chi connectivity index (χ1) is 15.4. The van der Waals surface area contributed by atoms with Gasteiger partial charge in [0, 0.05) is 25.2 Å². The molecule has 1 aliphatic rings. The van der Waals surface area contributed by atoms with Crippen LogP contribution in [0.25, 0.3) is 0 Å². The lowest BCUT2D eigenvalue weighted by Crippen LogP contribution is -2.40. The standard InChI is InChI=1S/C23H30N2O6S/c1-3-30-19-7-9-20(10-8-19)31-14-4-5-23(26)24-22-17-21(11-6-18(22)2)32(27,28)25-12-15-29-16-13-25/h6-11,17H,3-5,12-16H2,1-2H3,(H,24,26).